The van der Waals surface area contributed by atoms with Crippen molar-refractivity contribution in [3.05, 3.63) is 149 Å². The lowest BCUT2D eigenvalue weighted by Gasteiger charge is -2.45. The number of hydrogen-bond acceptors (Lipinski definition) is 6. The van der Waals surface area contributed by atoms with Gasteiger partial charge in [-0.05, 0) is 72.7 Å². The number of hydrogen-bond donors (Lipinski definition) is 0. The maximum atomic E-state index is 13.4. The Morgan fingerprint density at radius 2 is 1.53 bits per heavy atom. The van der Waals surface area contributed by atoms with Crippen LogP contribution < -0.4 is 14.4 Å². The van der Waals surface area contributed by atoms with E-state index in [1.165, 1.54) is 0 Å². The maximum Gasteiger partial charge on any atom is 0.255 e. The summed E-state index contributed by atoms with van der Waals surface area (Å²) in [4.78, 5) is 27.9. The topological polar surface area (TPSA) is 86.5 Å². The van der Waals surface area contributed by atoms with Gasteiger partial charge in [0.1, 0.15) is 23.8 Å². The van der Waals surface area contributed by atoms with E-state index in [4.69, 9.17) is 9.47 Å². The molecule has 2 atom stereocenters. The highest BCUT2D eigenvalue weighted by Crippen LogP contribution is 2.37. The third-order valence-corrected chi connectivity index (χ3v) is 7.62. The summed E-state index contributed by atoms with van der Waals surface area (Å²) >= 11 is 0. The minimum atomic E-state index is -0.524. The minimum Gasteiger partial charge on any atom is -0.497 e. The molecule has 0 spiro atoms. The summed E-state index contributed by atoms with van der Waals surface area (Å²) in [6, 6.07) is 31.6. The lowest BCUT2D eigenvalue weighted by atomic mass is 9.92. The zero-order valence-corrected chi connectivity index (χ0v) is 25.0. The van der Waals surface area contributed by atoms with Gasteiger partial charge < -0.3 is 14.4 Å². The number of allylic oxidation sites excluding steroid dienone is 1. The van der Waals surface area contributed by atoms with E-state index in [0.717, 1.165) is 28.1 Å². The van der Waals surface area contributed by atoms with Gasteiger partial charge >= 0.3 is 0 Å². The van der Waals surface area contributed by atoms with Crippen molar-refractivity contribution in [2.24, 2.45) is 0 Å². The van der Waals surface area contributed by atoms with Gasteiger partial charge in [-0.2, -0.15) is 0 Å². The maximum absolute atomic E-state index is 13.4. The van der Waals surface area contributed by atoms with Gasteiger partial charge in [-0.1, -0.05) is 83.6 Å². The highest BCUT2D eigenvalue weighted by atomic mass is 16.5. The molecule has 0 radical (unpaired) electrons. The zero-order chi connectivity index (χ0) is 31.2. The molecule has 1 fully saturated rings. The molecular formula is C37H32N4O4. The lowest BCUT2D eigenvalue weighted by Crippen LogP contribution is -2.61. The van der Waals surface area contributed by atoms with Crippen molar-refractivity contribution in [1.29, 1.82) is 0 Å². The van der Waals surface area contributed by atoms with Crippen molar-refractivity contribution in [2.45, 2.75) is 25.6 Å². The van der Waals surface area contributed by atoms with E-state index in [2.05, 4.69) is 10.3 Å². The van der Waals surface area contributed by atoms with Crippen molar-refractivity contribution < 1.29 is 19.1 Å². The SMILES string of the molecule is COc1ccc(/C=C/C(=O)c2ccc(OCc3cn(C4C(=O)N(c5ccc(C)cc5)C4/C=C/c4ccccc4)nn3)cc2)cc1. The lowest BCUT2D eigenvalue weighted by molar-refractivity contribution is -0.128. The third-order valence-electron chi connectivity index (χ3n) is 7.62. The van der Waals surface area contributed by atoms with Gasteiger partial charge in [-0.15, -0.1) is 5.10 Å². The molecule has 1 aliphatic rings. The molecule has 1 aromatic heterocycles. The van der Waals surface area contributed by atoms with Gasteiger partial charge in [0.05, 0.1) is 19.3 Å². The highest BCUT2D eigenvalue weighted by molar-refractivity contribution is 6.07. The summed E-state index contributed by atoms with van der Waals surface area (Å²) in [5.41, 5.74) is 5.06. The second kappa shape index (κ2) is 13.3. The molecule has 2 unspecified atom stereocenters. The Morgan fingerprint density at radius 1 is 0.844 bits per heavy atom. The number of ketones is 1. The molecule has 5 aromatic rings. The van der Waals surface area contributed by atoms with Crippen molar-refractivity contribution in [3.8, 4) is 11.5 Å². The molecule has 1 amide bonds. The number of nitrogens with zero attached hydrogens (tertiary/aromatic N) is 4. The van der Waals surface area contributed by atoms with Gasteiger partial charge in [0.2, 0.25) is 0 Å². The number of ether oxygens (including phenoxy) is 2. The molecule has 6 rings (SSSR count). The van der Waals surface area contributed by atoms with Crippen LogP contribution in [0, 0.1) is 6.92 Å². The molecule has 2 heterocycles. The van der Waals surface area contributed by atoms with Crippen molar-refractivity contribution in [2.75, 3.05) is 12.0 Å². The molecule has 0 saturated carbocycles. The summed E-state index contributed by atoms with van der Waals surface area (Å²) in [7, 11) is 1.61. The van der Waals surface area contributed by atoms with E-state index in [9.17, 15) is 9.59 Å². The monoisotopic (exact) mass is 596 g/mol. The van der Waals surface area contributed by atoms with E-state index >= 15 is 0 Å². The van der Waals surface area contributed by atoms with Crippen LogP contribution >= 0.6 is 0 Å². The Kier molecular flexibility index (Phi) is 8.64. The van der Waals surface area contributed by atoms with Crippen molar-refractivity contribution in [3.63, 3.8) is 0 Å². The summed E-state index contributed by atoms with van der Waals surface area (Å²) in [6.07, 6.45) is 9.12. The second-order valence-electron chi connectivity index (χ2n) is 10.7. The summed E-state index contributed by atoms with van der Waals surface area (Å²) in [6.45, 7) is 2.19. The van der Waals surface area contributed by atoms with Gasteiger partial charge in [0, 0.05) is 11.3 Å². The summed E-state index contributed by atoms with van der Waals surface area (Å²) in [5.74, 6) is 1.19. The predicted molar refractivity (Wildman–Crippen MR) is 174 cm³/mol. The first kappa shape index (κ1) is 29.3. The number of aromatic nitrogens is 3. The van der Waals surface area contributed by atoms with Gasteiger partial charge in [0.25, 0.3) is 5.91 Å². The van der Waals surface area contributed by atoms with Crippen LogP contribution in [0.5, 0.6) is 11.5 Å². The molecule has 8 nitrogen and oxygen atoms in total. The zero-order valence-electron chi connectivity index (χ0n) is 25.0. The fourth-order valence-corrected chi connectivity index (χ4v) is 5.11. The quantitative estimate of drug-likeness (QED) is 0.0954. The number of β-lactam (4-membered cyclic amide) rings is 1. The molecular weight excluding hydrogens is 564 g/mol. The first-order valence-electron chi connectivity index (χ1n) is 14.6. The van der Waals surface area contributed by atoms with E-state index in [-0.39, 0.29) is 24.3 Å². The Labute approximate surface area is 261 Å². The number of aryl methyl sites for hydroxylation is 1. The van der Waals surface area contributed by atoms with Crippen LogP contribution in [0.15, 0.2) is 121 Å². The van der Waals surface area contributed by atoms with Crippen molar-refractivity contribution >= 4 is 29.5 Å². The molecule has 8 heteroatoms. The molecule has 0 aliphatic carbocycles. The molecule has 0 bridgehead atoms. The van der Waals surface area contributed by atoms with E-state index in [1.807, 2.05) is 97.9 Å². The Balaban J connectivity index is 1.10. The number of rotatable bonds is 11. The van der Waals surface area contributed by atoms with Crippen LogP contribution in [0.4, 0.5) is 5.69 Å². The molecule has 224 valence electrons. The van der Waals surface area contributed by atoms with E-state index < -0.39 is 6.04 Å². The first-order chi connectivity index (χ1) is 22.0. The fourth-order valence-electron chi connectivity index (χ4n) is 5.11. The van der Waals surface area contributed by atoms with Crippen LogP contribution in [0.3, 0.4) is 0 Å². The number of carbonyl (C=O) groups excluding carboxylic acids is 2. The van der Waals surface area contributed by atoms with Crippen LogP contribution in [0.2, 0.25) is 0 Å². The average Bonchev–Trinajstić information content (AvgIpc) is 3.54. The minimum absolute atomic E-state index is 0.0553. The van der Waals surface area contributed by atoms with Crippen LogP contribution in [-0.2, 0) is 11.4 Å². The first-order valence-corrected chi connectivity index (χ1v) is 14.6. The fraction of sp³-hybridized carbons (Fsp3) is 0.135. The molecule has 45 heavy (non-hydrogen) atoms. The smallest absolute Gasteiger partial charge is 0.255 e. The van der Waals surface area contributed by atoms with E-state index in [0.29, 0.717) is 17.0 Å². The Hall–Kier alpha value is -5.76. The summed E-state index contributed by atoms with van der Waals surface area (Å²) in [5, 5.41) is 8.55. The average molecular weight is 597 g/mol. The number of benzene rings is 4. The molecule has 4 aromatic carbocycles. The number of anilines is 1. The number of carbonyl (C=O) groups is 2. The Bertz CT molecular complexity index is 1830. The largest absolute Gasteiger partial charge is 0.497 e. The van der Waals surface area contributed by atoms with Crippen LogP contribution in [0.1, 0.15) is 38.8 Å². The van der Waals surface area contributed by atoms with Crippen LogP contribution in [-0.4, -0.2) is 39.8 Å². The second-order valence-corrected chi connectivity index (χ2v) is 10.7. The normalized spacial score (nSPS) is 16.2. The summed E-state index contributed by atoms with van der Waals surface area (Å²) < 4.78 is 12.7. The molecule has 0 N–H and O–H groups in total. The molecule has 1 saturated heterocycles. The van der Waals surface area contributed by atoms with Gasteiger partial charge in [0.15, 0.2) is 11.8 Å². The van der Waals surface area contributed by atoms with Gasteiger partial charge in [-0.25, -0.2) is 4.68 Å². The third kappa shape index (κ3) is 6.75. The van der Waals surface area contributed by atoms with E-state index in [1.54, 1.807) is 59.3 Å². The Morgan fingerprint density at radius 3 is 2.24 bits per heavy atom. The number of methoxy groups -OCH3 is 1. The highest BCUT2D eigenvalue weighted by Gasteiger charge is 2.48. The number of amides is 1. The standard InChI is InChI=1S/C37H32N4O4/c1-26-8-16-31(17-9-26)41-34(22-12-27-6-4-3-5-7-27)36(37(41)43)40-24-30(38-39-40)25-45-33-20-14-29(15-21-33)35(42)23-13-28-10-18-32(44-2)19-11-28/h3-24,34,36H,25H2,1-2H3/b22-12+,23-13+. The van der Waals surface area contributed by atoms with Crippen LogP contribution in [0.25, 0.3) is 12.2 Å². The predicted octanol–water partition coefficient (Wildman–Crippen LogP) is 6.74. The molecule has 1 aliphatic heterocycles. The van der Waals surface area contributed by atoms with Crippen molar-refractivity contribution in [1.82, 2.24) is 15.0 Å². The van der Waals surface area contributed by atoms with Gasteiger partial charge in [-0.3, -0.25) is 9.59 Å².